The monoisotopic (exact) mass is 597 g/mol. The number of halogens is 5. The largest absolute Gasteiger partial charge is 0.426 e. The van der Waals surface area contributed by atoms with Crippen molar-refractivity contribution in [3.05, 3.63) is 65.0 Å². The van der Waals surface area contributed by atoms with Crippen molar-refractivity contribution in [2.75, 3.05) is 0 Å². The van der Waals surface area contributed by atoms with E-state index in [4.69, 9.17) is 0 Å². The zero-order valence-corrected chi connectivity index (χ0v) is 23.5. The summed E-state index contributed by atoms with van der Waals surface area (Å²) in [6.07, 6.45) is -2.77. The van der Waals surface area contributed by atoms with Crippen LogP contribution >= 0.6 is 0 Å². The summed E-state index contributed by atoms with van der Waals surface area (Å²) in [6.45, 7) is 1.95. The van der Waals surface area contributed by atoms with Crippen molar-refractivity contribution in [3.63, 3.8) is 0 Å². The van der Waals surface area contributed by atoms with Crippen molar-refractivity contribution in [2.45, 2.75) is 86.3 Å². The Morgan fingerprint density at radius 1 is 1.02 bits per heavy atom. The van der Waals surface area contributed by atoms with Gasteiger partial charge in [0.15, 0.2) is 9.84 Å². The summed E-state index contributed by atoms with van der Waals surface area (Å²) in [6, 6.07) is 7.58. The van der Waals surface area contributed by atoms with E-state index in [1.54, 1.807) is 0 Å². The van der Waals surface area contributed by atoms with Crippen LogP contribution in [0, 0.1) is 23.6 Å². The second-order valence-corrected chi connectivity index (χ2v) is 14.2. The molecule has 0 radical (unpaired) electrons. The molecule has 3 aliphatic rings. The van der Waals surface area contributed by atoms with Gasteiger partial charge in [-0.2, -0.15) is 13.2 Å². The van der Waals surface area contributed by atoms with Crippen LogP contribution in [0.2, 0.25) is 0 Å². The molecule has 2 saturated carbocycles. The van der Waals surface area contributed by atoms with Gasteiger partial charge in [-0.1, -0.05) is 18.2 Å². The van der Waals surface area contributed by atoms with Crippen LogP contribution in [0.4, 0.5) is 22.0 Å². The fourth-order valence-corrected chi connectivity index (χ4v) is 9.65. The maximum absolute atomic E-state index is 14.9. The van der Waals surface area contributed by atoms with Crippen LogP contribution in [-0.2, 0) is 36.3 Å². The van der Waals surface area contributed by atoms with Gasteiger partial charge in [0, 0.05) is 18.4 Å². The van der Waals surface area contributed by atoms with Crippen LogP contribution in [0.5, 0.6) is 0 Å². The van der Waals surface area contributed by atoms with E-state index in [1.165, 1.54) is 13.0 Å². The molecule has 2 aromatic carbocycles. The average molecular weight is 598 g/mol. The lowest BCUT2D eigenvalue weighted by Gasteiger charge is -2.43. The number of amides is 1. The molecule has 1 N–H and O–H groups in total. The molecule has 1 unspecified atom stereocenters. The minimum Gasteiger partial charge on any atom is -0.353 e. The van der Waals surface area contributed by atoms with Gasteiger partial charge < -0.3 is 10.1 Å². The molecule has 2 fully saturated rings. The van der Waals surface area contributed by atoms with Crippen LogP contribution in [0.1, 0.15) is 69.1 Å². The van der Waals surface area contributed by atoms with Crippen molar-refractivity contribution in [1.82, 2.24) is 5.32 Å². The Morgan fingerprint density at radius 3 is 2.29 bits per heavy atom. The van der Waals surface area contributed by atoms with Gasteiger partial charge in [-0.3, -0.25) is 4.79 Å². The van der Waals surface area contributed by atoms with Crippen LogP contribution in [0.3, 0.4) is 0 Å². The molecule has 0 saturated heterocycles. The summed E-state index contributed by atoms with van der Waals surface area (Å²) in [5.41, 5.74) is -3.69. The lowest BCUT2D eigenvalue weighted by Crippen LogP contribution is -2.50. The predicted molar refractivity (Wildman–Crippen MR) is 141 cm³/mol. The summed E-state index contributed by atoms with van der Waals surface area (Å²) in [5.74, 6) is -2.00. The van der Waals surface area contributed by atoms with Gasteiger partial charge in [-0.25, -0.2) is 17.2 Å². The van der Waals surface area contributed by atoms with Crippen LogP contribution in [0.25, 0.3) is 0 Å². The first-order valence-electron chi connectivity index (χ1n) is 13.8. The maximum Gasteiger partial charge on any atom is 0.426 e. The fourth-order valence-electron chi connectivity index (χ4n) is 7.18. The molecular weight excluding hydrogens is 565 g/mol. The molecule has 0 spiro atoms. The van der Waals surface area contributed by atoms with Crippen molar-refractivity contribution in [3.8, 4) is 0 Å². The summed E-state index contributed by atoms with van der Waals surface area (Å²) < 4.78 is 96.1. The zero-order chi connectivity index (χ0) is 30.0. The number of hydrogen-bond acceptors (Lipinski definition) is 4. The Balaban J connectivity index is 1.53. The standard InChI is InChI=1S/C30H32F5NO4S/c1-17(37)13-18-14-22(15-18)36-27(38)24-11-12-29(41(39,40)23-7-5-21(31)6-8-23)25-10-4-20(28(2,32)30(33,34)35)16-19(25)3-9-26(24)29/h4-8,10,16,18,22,24,26H,3,9,11-15H2,1-2H3,(H,36,38)/t18?,22?,24-,26+,28?,29-/m1/s1. The molecule has 2 aromatic rings. The highest BCUT2D eigenvalue weighted by Gasteiger charge is 2.62. The number of Topliss-reactive ketones (excluding diaryl/α,β-unsaturated/α-hetero) is 1. The lowest BCUT2D eigenvalue weighted by molar-refractivity contribution is -0.228. The van der Waals surface area contributed by atoms with Gasteiger partial charge in [-0.15, -0.1) is 0 Å². The van der Waals surface area contributed by atoms with Crippen molar-refractivity contribution in [1.29, 1.82) is 0 Å². The molecule has 11 heteroatoms. The number of rotatable bonds is 7. The number of nitrogens with one attached hydrogen (secondary N) is 1. The average Bonchev–Trinajstić information content (AvgIpc) is 3.28. The smallest absolute Gasteiger partial charge is 0.353 e. The van der Waals surface area contributed by atoms with E-state index >= 15 is 0 Å². The van der Waals surface area contributed by atoms with Crippen LogP contribution < -0.4 is 5.32 Å². The fraction of sp³-hybridized carbons (Fsp3) is 0.533. The van der Waals surface area contributed by atoms with E-state index in [2.05, 4.69) is 5.32 Å². The van der Waals surface area contributed by atoms with E-state index < -0.39 is 49.6 Å². The molecule has 5 nitrogen and oxygen atoms in total. The van der Waals surface area contributed by atoms with E-state index in [1.807, 2.05) is 0 Å². The third kappa shape index (κ3) is 4.87. The maximum atomic E-state index is 14.9. The number of carbonyl (C=O) groups is 2. The molecule has 0 bridgehead atoms. The number of alkyl halides is 4. The van der Waals surface area contributed by atoms with Gasteiger partial charge in [0.1, 0.15) is 16.3 Å². The molecule has 0 heterocycles. The van der Waals surface area contributed by atoms with Gasteiger partial charge in [0.05, 0.1) is 4.90 Å². The Kier molecular flexibility index (Phi) is 7.36. The first-order chi connectivity index (χ1) is 19.1. The minimum atomic E-state index is -5.17. The predicted octanol–water partition coefficient (Wildman–Crippen LogP) is 6.09. The Labute approximate surface area is 235 Å². The summed E-state index contributed by atoms with van der Waals surface area (Å²) in [5, 5.41) is 3.01. The van der Waals surface area contributed by atoms with E-state index in [9.17, 15) is 40.0 Å². The Bertz CT molecular complexity index is 1460. The van der Waals surface area contributed by atoms with Crippen molar-refractivity contribution >= 4 is 21.5 Å². The molecule has 1 amide bonds. The molecule has 0 aromatic heterocycles. The van der Waals surface area contributed by atoms with Gasteiger partial charge >= 0.3 is 6.18 Å². The Morgan fingerprint density at radius 2 is 1.68 bits per heavy atom. The van der Waals surface area contributed by atoms with E-state index in [-0.39, 0.29) is 59.8 Å². The highest BCUT2D eigenvalue weighted by molar-refractivity contribution is 7.92. The molecule has 222 valence electrons. The second-order valence-electron chi connectivity index (χ2n) is 12.0. The number of hydrogen-bond donors (Lipinski definition) is 1. The second kappa shape index (κ2) is 10.2. The normalized spacial score (nSPS) is 29.0. The molecule has 3 aliphatic carbocycles. The number of aryl methyl sites for hydroxylation is 1. The molecule has 0 aliphatic heterocycles. The highest BCUT2D eigenvalue weighted by Crippen LogP contribution is 2.59. The van der Waals surface area contributed by atoms with Crippen molar-refractivity contribution < 1.29 is 40.0 Å². The van der Waals surface area contributed by atoms with E-state index in [0.29, 0.717) is 31.7 Å². The number of benzene rings is 2. The topological polar surface area (TPSA) is 80.3 Å². The van der Waals surface area contributed by atoms with Gasteiger partial charge in [-0.05, 0) is 105 Å². The first-order valence-corrected chi connectivity index (χ1v) is 15.3. The first kappa shape index (κ1) is 29.7. The quantitative estimate of drug-likeness (QED) is 0.310. The molecule has 4 atom stereocenters. The SMILES string of the molecule is CC(=O)CC1CC(NC(=O)[C@@H]2CC[C@@]3(S(=O)(=O)c4ccc(F)cc4)c4ccc(C(C)(F)C(F)(F)F)cc4CC[C@@H]23)C1. The third-order valence-corrected chi connectivity index (χ3v) is 11.9. The number of fused-ring (bicyclic) bond motifs is 3. The molecule has 41 heavy (non-hydrogen) atoms. The minimum absolute atomic E-state index is 0.0333. The third-order valence-electron chi connectivity index (χ3n) is 9.37. The lowest BCUT2D eigenvalue weighted by atomic mass is 9.72. The number of sulfone groups is 1. The summed E-state index contributed by atoms with van der Waals surface area (Å²) in [4.78, 5) is 24.7. The molecule has 5 rings (SSSR count). The van der Waals surface area contributed by atoms with E-state index in [0.717, 1.165) is 36.4 Å². The summed E-state index contributed by atoms with van der Waals surface area (Å²) in [7, 11) is -4.28. The number of carbonyl (C=O) groups excluding carboxylic acids is 2. The van der Waals surface area contributed by atoms with Crippen LogP contribution in [0.15, 0.2) is 47.4 Å². The molecular formula is C30H32F5NO4S. The summed E-state index contributed by atoms with van der Waals surface area (Å²) >= 11 is 0. The Hall–Kier alpha value is -2.82. The van der Waals surface area contributed by atoms with Crippen molar-refractivity contribution in [2.24, 2.45) is 17.8 Å². The van der Waals surface area contributed by atoms with Gasteiger partial charge in [0.2, 0.25) is 11.6 Å². The number of ketones is 1. The van der Waals surface area contributed by atoms with Crippen LogP contribution in [-0.4, -0.2) is 32.3 Å². The van der Waals surface area contributed by atoms with Gasteiger partial charge in [0.25, 0.3) is 0 Å². The highest BCUT2D eigenvalue weighted by atomic mass is 32.2. The zero-order valence-electron chi connectivity index (χ0n) is 22.7.